The van der Waals surface area contributed by atoms with E-state index in [1.807, 2.05) is 24.3 Å². The third-order valence-electron chi connectivity index (χ3n) is 4.78. The molecule has 0 bridgehead atoms. The van der Waals surface area contributed by atoms with Gasteiger partial charge in [0.25, 0.3) is 0 Å². The molecule has 0 saturated heterocycles. The van der Waals surface area contributed by atoms with Crippen molar-refractivity contribution in [3.63, 3.8) is 0 Å². The molecule has 0 amide bonds. The molecule has 2 heteroatoms. The van der Waals surface area contributed by atoms with Crippen molar-refractivity contribution < 1.29 is 9.84 Å². The molecular weight excluding hydrogens is 272 g/mol. The van der Waals surface area contributed by atoms with Gasteiger partial charge in [0.2, 0.25) is 0 Å². The molecular formula is C20H24O2. The Morgan fingerprint density at radius 1 is 1.00 bits per heavy atom. The summed E-state index contributed by atoms with van der Waals surface area (Å²) in [7, 11) is 0. The first-order chi connectivity index (χ1) is 10.8. The number of hydrogen-bond donors (Lipinski definition) is 1. The number of ether oxygens (including phenoxy) is 1. The summed E-state index contributed by atoms with van der Waals surface area (Å²) in [5, 5.41) is 9.71. The fourth-order valence-electron chi connectivity index (χ4n) is 3.59. The first kappa shape index (κ1) is 15.3. The summed E-state index contributed by atoms with van der Waals surface area (Å²) >= 11 is 0. The number of benzene rings is 2. The minimum atomic E-state index is 0.0973. The Hall–Kier alpha value is -1.64. The largest absolute Gasteiger partial charge is 0.396 e. The fourth-order valence-corrected chi connectivity index (χ4v) is 3.59. The van der Waals surface area contributed by atoms with E-state index in [9.17, 15) is 5.11 Å². The SMILES string of the molecule is C[C@@H](OC1CC(CO)C(c2ccccc2)C1)c1ccccc1. The van der Waals surface area contributed by atoms with E-state index in [1.165, 1.54) is 11.1 Å². The molecule has 2 nitrogen and oxygen atoms in total. The third kappa shape index (κ3) is 3.40. The monoisotopic (exact) mass is 296 g/mol. The van der Waals surface area contributed by atoms with Crippen molar-refractivity contribution in [3.8, 4) is 0 Å². The van der Waals surface area contributed by atoms with E-state index in [1.54, 1.807) is 0 Å². The van der Waals surface area contributed by atoms with E-state index in [2.05, 4.69) is 43.3 Å². The van der Waals surface area contributed by atoms with Crippen molar-refractivity contribution in [2.45, 2.75) is 37.9 Å². The summed E-state index contributed by atoms with van der Waals surface area (Å²) < 4.78 is 6.27. The van der Waals surface area contributed by atoms with Gasteiger partial charge in [0, 0.05) is 6.61 Å². The van der Waals surface area contributed by atoms with Crippen LogP contribution in [-0.2, 0) is 4.74 Å². The minimum Gasteiger partial charge on any atom is -0.396 e. The first-order valence-electron chi connectivity index (χ1n) is 8.14. The van der Waals surface area contributed by atoms with Gasteiger partial charge in [0.15, 0.2) is 0 Å². The quantitative estimate of drug-likeness (QED) is 0.890. The van der Waals surface area contributed by atoms with Crippen molar-refractivity contribution in [3.05, 3.63) is 71.8 Å². The van der Waals surface area contributed by atoms with Crippen LogP contribution in [-0.4, -0.2) is 17.8 Å². The van der Waals surface area contributed by atoms with Gasteiger partial charge in [0.1, 0.15) is 0 Å². The molecule has 0 heterocycles. The second-order valence-electron chi connectivity index (χ2n) is 6.24. The van der Waals surface area contributed by atoms with Crippen LogP contribution in [0.5, 0.6) is 0 Å². The van der Waals surface area contributed by atoms with Gasteiger partial charge in [0.05, 0.1) is 12.2 Å². The maximum atomic E-state index is 9.71. The molecule has 1 aliphatic rings. The molecule has 3 unspecified atom stereocenters. The van der Waals surface area contributed by atoms with Crippen molar-refractivity contribution in [2.24, 2.45) is 5.92 Å². The van der Waals surface area contributed by atoms with Gasteiger partial charge in [-0.25, -0.2) is 0 Å². The predicted molar refractivity (Wildman–Crippen MR) is 88.7 cm³/mol. The predicted octanol–water partition coefficient (Wildman–Crippen LogP) is 4.32. The summed E-state index contributed by atoms with van der Waals surface area (Å²) in [6.07, 6.45) is 2.25. The molecule has 3 rings (SSSR count). The lowest BCUT2D eigenvalue weighted by molar-refractivity contribution is -0.00282. The molecule has 2 aromatic rings. The van der Waals surface area contributed by atoms with Gasteiger partial charge < -0.3 is 9.84 Å². The summed E-state index contributed by atoms with van der Waals surface area (Å²) in [6, 6.07) is 20.9. The Morgan fingerprint density at radius 2 is 1.64 bits per heavy atom. The molecule has 1 aliphatic carbocycles. The molecule has 116 valence electrons. The number of hydrogen-bond acceptors (Lipinski definition) is 2. The van der Waals surface area contributed by atoms with Gasteiger partial charge >= 0.3 is 0 Å². The molecule has 22 heavy (non-hydrogen) atoms. The van der Waals surface area contributed by atoms with Gasteiger partial charge in [-0.2, -0.15) is 0 Å². The molecule has 1 saturated carbocycles. The van der Waals surface area contributed by atoms with Crippen LogP contribution >= 0.6 is 0 Å². The lowest BCUT2D eigenvalue weighted by Gasteiger charge is -2.19. The summed E-state index contributed by atoms with van der Waals surface area (Å²) in [5.74, 6) is 0.703. The van der Waals surface area contributed by atoms with Crippen LogP contribution in [0.3, 0.4) is 0 Å². The van der Waals surface area contributed by atoms with Crippen molar-refractivity contribution >= 4 is 0 Å². The van der Waals surface area contributed by atoms with Crippen LogP contribution < -0.4 is 0 Å². The summed E-state index contributed by atoms with van der Waals surface area (Å²) in [6.45, 7) is 2.35. The lowest BCUT2D eigenvalue weighted by atomic mass is 9.89. The van der Waals surface area contributed by atoms with E-state index < -0.39 is 0 Å². The second-order valence-corrected chi connectivity index (χ2v) is 6.24. The van der Waals surface area contributed by atoms with E-state index in [0.717, 1.165) is 12.8 Å². The smallest absolute Gasteiger partial charge is 0.0800 e. The highest BCUT2D eigenvalue weighted by molar-refractivity contribution is 5.22. The number of aliphatic hydroxyl groups excluding tert-OH is 1. The van der Waals surface area contributed by atoms with Gasteiger partial charge in [-0.3, -0.25) is 0 Å². The maximum absolute atomic E-state index is 9.71. The topological polar surface area (TPSA) is 29.5 Å². The van der Waals surface area contributed by atoms with E-state index in [0.29, 0.717) is 11.8 Å². The van der Waals surface area contributed by atoms with E-state index >= 15 is 0 Å². The Kier molecular flexibility index (Phi) is 4.91. The fraction of sp³-hybridized carbons (Fsp3) is 0.400. The minimum absolute atomic E-state index is 0.0973. The standard InChI is InChI=1S/C20H24O2/c1-15(16-8-4-2-5-9-16)22-19-12-18(14-21)20(13-19)17-10-6-3-7-11-17/h2-11,15,18-21H,12-14H2,1H3/t15-,18?,19?,20?/m1/s1. The average molecular weight is 296 g/mol. The van der Waals surface area contributed by atoms with Gasteiger partial charge in [-0.15, -0.1) is 0 Å². The molecule has 1 fully saturated rings. The maximum Gasteiger partial charge on any atom is 0.0800 e. The highest BCUT2D eigenvalue weighted by Gasteiger charge is 2.36. The Labute approximate surface area is 132 Å². The Bertz CT molecular complexity index is 567. The number of aliphatic hydroxyl groups is 1. The Balaban J connectivity index is 1.67. The molecule has 4 atom stereocenters. The second kappa shape index (κ2) is 7.08. The van der Waals surface area contributed by atoms with E-state index in [-0.39, 0.29) is 18.8 Å². The summed E-state index contributed by atoms with van der Waals surface area (Å²) in [4.78, 5) is 0. The summed E-state index contributed by atoms with van der Waals surface area (Å²) in [5.41, 5.74) is 2.53. The van der Waals surface area contributed by atoms with Crippen molar-refractivity contribution in [1.29, 1.82) is 0 Å². The Morgan fingerprint density at radius 3 is 2.27 bits per heavy atom. The first-order valence-corrected chi connectivity index (χ1v) is 8.14. The highest BCUT2D eigenvalue weighted by atomic mass is 16.5. The molecule has 0 aromatic heterocycles. The average Bonchev–Trinajstić information content (AvgIpc) is 2.99. The molecule has 0 spiro atoms. The highest BCUT2D eigenvalue weighted by Crippen LogP contribution is 2.42. The van der Waals surface area contributed by atoms with Gasteiger partial charge in [-0.05, 0) is 42.7 Å². The molecule has 0 radical (unpaired) electrons. The normalized spacial score (nSPS) is 26.0. The van der Waals surface area contributed by atoms with Crippen LogP contribution in [0.15, 0.2) is 60.7 Å². The van der Waals surface area contributed by atoms with Crippen LogP contribution in [0.1, 0.15) is 42.9 Å². The lowest BCUT2D eigenvalue weighted by Crippen LogP contribution is -2.12. The zero-order valence-electron chi connectivity index (χ0n) is 13.1. The van der Waals surface area contributed by atoms with Crippen LogP contribution in [0.2, 0.25) is 0 Å². The van der Waals surface area contributed by atoms with Crippen LogP contribution in [0.4, 0.5) is 0 Å². The van der Waals surface area contributed by atoms with E-state index in [4.69, 9.17) is 4.74 Å². The molecule has 2 aromatic carbocycles. The number of rotatable bonds is 5. The van der Waals surface area contributed by atoms with Crippen molar-refractivity contribution in [1.82, 2.24) is 0 Å². The zero-order chi connectivity index (χ0) is 15.4. The zero-order valence-corrected chi connectivity index (χ0v) is 13.1. The third-order valence-corrected chi connectivity index (χ3v) is 4.78. The molecule has 0 aliphatic heterocycles. The van der Waals surface area contributed by atoms with Gasteiger partial charge in [-0.1, -0.05) is 60.7 Å². The molecule has 1 N–H and O–H groups in total. The van der Waals surface area contributed by atoms with Crippen molar-refractivity contribution in [2.75, 3.05) is 6.61 Å². The van der Waals surface area contributed by atoms with Crippen LogP contribution in [0.25, 0.3) is 0 Å². The van der Waals surface area contributed by atoms with Crippen LogP contribution in [0, 0.1) is 5.92 Å².